The van der Waals surface area contributed by atoms with Gasteiger partial charge in [-0.25, -0.2) is 0 Å². The van der Waals surface area contributed by atoms with Gasteiger partial charge in [0.25, 0.3) is 0 Å². The average molecular weight is 325 g/mol. The molecule has 0 radical (unpaired) electrons. The molecule has 1 aromatic rings. The first-order valence-electron chi connectivity index (χ1n) is 9.71. The van der Waals surface area contributed by atoms with Crippen LogP contribution in [-0.2, 0) is 6.42 Å². The van der Waals surface area contributed by atoms with E-state index in [4.69, 9.17) is 4.99 Å². The van der Waals surface area contributed by atoms with Gasteiger partial charge in [-0.05, 0) is 93.5 Å². The third-order valence-corrected chi connectivity index (χ3v) is 5.67. The van der Waals surface area contributed by atoms with Gasteiger partial charge in [0.1, 0.15) is 0 Å². The molecular weight excluding hydrogens is 292 g/mol. The number of piperidine rings is 1. The molecule has 0 unspecified atom stereocenters. The lowest BCUT2D eigenvalue weighted by atomic mass is 9.73. The first-order valence-corrected chi connectivity index (χ1v) is 9.71. The van der Waals surface area contributed by atoms with Gasteiger partial charge in [0.2, 0.25) is 0 Å². The molecule has 0 aromatic heterocycles. The van der Waals surface area contributed by atoms with Crippen LogP contribution in [-0.4, -0.2) is 19.3 Å². The zero-order chi connectivity index (χ0) is 16.9. The van der Waals surface area contributed by atoms with Crippen molar-refractivity contribution in [1.82, 2.24) is 0 Å². The summed E-state index contributed by atoms with van der Waals surface area (Å²) in [5, 5.41) is 0. The van der Waals surface area contributed by atoms with E-state index >= 15 is 0 Å². The molecule has 0 spiro atoms. The van der Waals surface area contributed by atoms with Crippen LogP contribution < -0.4 is 4.90 Å². The van der Waals surface area contributed by atoms with E-state index in [0.29, 0.717) is 0 Å². The molecule has 2 heteroatoms. The Morgan fingerprint density at radius 2 is 1.92 bits per heavy atom. The number of aliphatic imine (C=N–C) groups is 1. The lowest BCUT2D eigenvalue weighted by molar-refractivity contribution is 0.211. The Morgan fingerprint density at radius 1 is 1.17 bits per heavy atom. The molecule has 0 atom stereocenters. The highest BCUT2D eigenvalue weighted by atomic mass is 15.1. The number of rotatable bonds is 5. The second-order valence-corrected chi connectivity index (χ2v) is 7.75. The third-order valence-electron chi connectivity index (χ3n) is 5.67. The number of hydrogen-bond acceptors (Lipinski definition) is 2. The third kappa shape index (κ3) is 4.09. The van der Waals surface area contributed by atoms with Crippen molar-refractivity contribution in [3.05, 3.63) is 35.4 Å². The predicted octanol–water partition coefficient (Wildman–Crippen LogP) is 5.85. The number of allylic oxidation sites excluding steroid dienone is 2. The smallest absolute Gasteiger partial charge is 0.0682 e. The van der Waals surface area contributed by atoms with Crippen LogP contribution in [0.25, 0.3) is 0 Å². The van der Waals surface area contributed by atoms with Gasteiger partial charge >= 0.3 is 0 Å². The quantitative estimate of drug-likeness (QED) is 0.620. The van der Waals surface area contributed by atoms with Gasteiger partial charge in [-0.15, -0.1) is 0 Å². The van der Waals surface area contributed by atoms with Gasteiger partial charge in [-0.1, -0.05) is 13.0 Å². The molecular formula is C22H32N2. The summed E-state index contributed by atoms with van der Waals surface area (Å²) in [5.74, 6) is 1.80. The molecule has 2 aliphatic rings. The number of benzene rings is 1. The maximum atomic E-state index is 4.74. The fraction of sp³-hybridized carbons (Fsp3) is 0.591. The predicted molar refractivity (Wildman–Crippen MR) is 106 cm³/mol. The van der Waals surface area contributed by atoms with Crippen LogP contribution in [0.2, 0.25) is 0 Å². The first kappa shape index (κ1) is 17.3. The molecule has 1 aliphatic carbocycles. The fourth-order valence-corrected chi connectivity index (χ4v) is 4.18. The highest BCUT2D eigenvalue weighted by molar-refractivity contribution is 5.76. The fourth-order valence-electron chi connectivity index (χ4n) is 4.18. The van der Waals surface area contributed by atoms with Crippen LogP contribution in [0, 0.1) is 18.8 Å². The van der Waals surface area contributed by atoms with Gasteiger partial charge in [-0.3, -0.25) is 4.99 Å². The molecule has 1 saturated heterocycles. The van der Waals surface area contributed by atoms with Crippen LogP contribution in [0.1, 0.15) is 57.1 Å². The summed E-state index contributed by atoms with van der Waals surface area (Å²) in [7, 11) is 0. The highest BCUT2D eigenvalue weighted by Crippen LogP contribution is 2.38. The Bertz CT molecular complexity index is 603. The minimum atomic E-state index is 0.877. The van der Waals surface area contributed by atoms with Crippen LogP contribution in [0.15, 0.2) is 29.3 Å². The van der Waals surface area contributed by atoms with Crippen molar-refractivity contribution in [2.24, 2.45) is 16.8 Å². The minimum absolute atomic E-state index is 0.877. The molecule has 0 bridgehead atoms. The molecule has 24 heavy (non-hydrogen) atoms. The first-order chi connectivity index (χ1) is 11.7. The van der Waals surface area contributed by atoms with E-state index in [1.165, 1.54) is 68.4 Å². The van der Waals surface area contributed by atoms with Crippen molar-refractivity contribution >= 4 is 17.6 Å². The van der Waals surface area contributed by atoms with Crippen LogP contribution in [0.4, 0.5) is 11.4 Å². The Labute approximate surface area is 147 Å². The van der Waals surface area contributed by atoms with Crippen molar-refractivity contribution < 1.29 is 0 Å². The Hall–Kier alpha value is -1.57. The van der Waals surface area contributed by atoms with E-state index < -0.39 is 0 Å². The zero-order valence-corrected chi connectivity index (χ0v) is 15.6. The van der Waals surface area contributed by atoms with Crippen molar-refractivity contribution in [3.63, 3.8) is 0 Å². The molecule has 1 heterocycles. The molecule has 1 aromatic carbocycles. The van der Waals surface area contributed by atoms with Crippen molar-refractivity contribution in [2.45, 2.75) is 59.3 Å². The number of hydrogen-bond donors (Lipinski definition) is 0. The zero-order valence-electron chi connectivity index (χ0n) is 15.6. The van der Waals surface area contributed by atoms with Gasteiger partial charge in [-0.2, -0.15) is 0 Å². The van der Waals surface area contributed by atoms with Crippen molar-refractivity contribution in [2.75, 3.05) is 18.0 Å². The van der Waals surface area contributed by atoms with E-state index in [-0.39, 0.29) is 0 Å². The maximum Gasteiger partial charge on any atom is 0.0682 e. The molecule has 1 aliphatic heterocycles. The summed E-state index contributed by atoms with van der Waals surface area (Å²) in [4.78, 5) is 7.30. The molecule has 1 saturated carbocycles. The Kier molecular flexibility index (Phi) is 5.76. The molecule has 130 valence electrons. The van der Waals surface area contributed by atoms with Gasteiger partial charge in [0, 0.05) is 25.0 Å². The Balaban J connectivity index is 1.88. The lowest BCUT2D eigenvalue weighted by Crippen LogP contribution is -2.29. The summed E-state index contributed by atoms with van der Waals surface area (Å²) in [6.07, 6.45) is 14.0. The number of nitrogens with zero attached hydrogens (tertiary/aromatic N) is 2. The van der Waals surface area contributed by atoms with E-state index in [1.807, 2.05) is 25.3 Å². The summed E-state index contributed by atoms with van der Waals surface area (Å²) >= 11 is 0. The molecule has 3 rings (SSSR count). The van der Waals surface area contributed by atoms with Crippen LogP contribution >= 0.6 is 0 Å². The second kappa shape index (κ2) is 8.00. The highest BCUT2D eigenvalue weighted by Gasteiger charge is 2.26. The second-order valence-electron chi connectivity index (χ2n) is 7.75. The van der Waals surface area contributed by atoms with E-state index in [0.717, 1.165) is 17.5 Å². The SMILES string of the molecule is C/C=C/C=N\c1cc(N2CCCCC2)cc(CC2CC(C)C2)c1C. The standard InChI is InChI=1S/C22H32N2/c1-4-5-9-23-22-16-21(24-10-7-6-8-11-24)15-20(18(22)3)14-19-12-17(2)13-19/h4-5,9,15-17,19H,6-8,10-14H2,1-3H3/b5-4+,23-9-. The van der Waals surface area contributed by atoms with Gasteiger partial charge in [0.15, 0.2) is 0 Å². The molecule has 2 fully saturated rings. The minimum Gasteiger partial charge on any atom is -0.371 e. The normalized spacial score (nSPS) is 24.7. The summed E-state index contributed by atoms with van der Waals surface area (Å²) in [6, 6.07) is 4.76. The van der Waals surface area contributed by atoms with Crippen molar-refractivity contribution in [1.29, 1.82) is 0 Å². The summed E-state index contributed by atoms with van der Waals surface area (Å²) in [5.41, 5.74) is 5.42. The summed E-state index contributed by atoms with van der Waals surface area (Å²) < 4.78 is 0. The van der Waals surface area contributed by atoms with Crippen LogP contribution in [0.3, 0.4) is 0 Å². The topological polar surface area (TPSA) is 15.6 Å². The number of anilines is 1. The van der Waals surface area contributed by atoms with E-state index in [2.05, 4.69) is 30.9 Å². The van der Waals surface area contributed by atoms with Gasteiger partial charge in [0.05, 0.1) is 5.69 Å². The van der Waals surface area contributed by atoms with E-state index in [9.17, 15) is 0 Å². The average Bonchev–Trinajstić information content (AvgIpc) is 2.57. The van der Waals surface area contributed by atoms with Gasteiger partial charge < -0.3 is 4.90 Å². The lowest BCUT2D eigenvalue weighted by Gasteiger charge is -2.34. The Morgan fingerprint density at radius 3 is 2.58 bits per heavy atom. The largest absolute Gasteiger partial charge is 0.371 e. The van der Waals surface area contributed by atoms with Crippen LogP contribution in [0.5, 0.6) is 0 Å². The molecule has 0 N–H and O–H groups in total. The van der Waals surface area contributed by atoms with Crippen molar-refractivity contribution in [3.8, 4) is 0 Å². The monoisotopic (exact) mass is 324 g/mol. The maximum absolute atomic E-state index is 4.74. The molecule has 0 amide bonds. The molecule has 2 nitrogen and oxygen atoms in total. The van der Waals surface area contributed by atoms with E-state index in [1.54, 1.807) is 0 Å². The summed E-state index contributed by atoms with van der Waals surface area (Å²) in [6.45, 7) is 9.05.